The van der Waals surface area contributed by atoms with Gasteiger partial charge in [0, 0.05) is 25.1 Å². The molecule has 1 aromatic rings. The second-order valence-electron chi connectivity index (χ2n) is 5.15. The number of anilines is 2. The predicted octanol–water partition coefficient (Wildman–Crippen LogP) is 0.757. The van der Waals surface area contributed by atoms with E-state index in [9.17, 15) is 5.11 Å². The summed E-state index contributed by atoms with van der Waals surface area (Å²) in [7, 11) is 1.58. The van der Waals surface area contributed by atoms with Crippen LogP contribution in [0.4, 0.5) is 11.6 Å². The molecule has 0 amide bonds. The normalized spacial score (nSPS) is 16.0. The molecule has 1 heterocycles. The molecule has 1 aliphatic rings. The standard InChI is InChI=1S/C13H23N5O2/c1-8-11(15-6-5-10(19)7-20-2)16-13(9-3-4-9)17-12(8)18-14/h9-10,19H,3-7,14H2,1-2H3,(H2,15,16,17,18). The van der Waals surface area contributed by atoms with E-state index < -0.39 is 6.10 Å². The highest BCUT2D eigenvalue weighted by Gasteiger charge is 2.28. The molecule has 1 unspecified atom stereocenters. The molecular weight excluding hydrogens is 258 g/mol. The second kappa shape index (κ2) is 6.83. The number of methoxy groups -OCH3 is 1. The molecule has 1 saturated carbocycles. The van der Waals surface area contributed by atoms with Crippen LogP contribution in [0, 0.1) is 6.92 Å². The third-order valence-corrected chi connectivity index (χ3v) is 3.37. The molecule has 5 N–H and O–H groups in total. The lowest BCUT2D eigenvalue weighted by Gasteiger charge is -2.14. The maximum absolute atomic E-state index is 9.62. The van der Waals surface area contributed by atoms with Crippen LogP contribution in [0.25, 0.3) is 0 Å². The number of rotatable bonds is 8. The largest absolute Gasteiger partial charge is 0.391 e. The van der Waals surface area contributed by atoms with Gasteiger partial charge in [0.05, 0.1) is 12.7 Å². The van der Waals surface area contributed by atoms with E-state index in [1.54, 1.807) is 7.11 Å². The number of aliphatic hydroxyl groups excluding tert-OH is 1. The van der Waals surface area contributed by atoms with Crippen LogP contribution in [-0.2, 0) is 4.74 Å². The van der Waals surface area contributed by atoms with E-state index in [2.05, 4.69) is 20.7 Å². The zero-order chi connectivity index (χ0) is 14.5. The fraction of sp³-hybridized carbons (Fsp3) is 0.692. The lowest BCUT2D eigenvalue weighted by Crippen LogP contribution is -2.20. The lowest BCUT2D eigenvalue weighted by molar-refractivity contribution is 0.0615. The van der Waals surface area contributed by atoms with Crippen molar-refractivity contribution in [2.75, 3.05) is 31.0 Å². The first-order chi connectivity index (χ1) is 9.65. The first kappa shape index (κ1) is 15.0. The first-order valence-corrected chi connectivity index (χ1v) is 6.91. The number of aliphatic hydroxyl groups is 1. The Morgan fingerprint density at radius 1 is 1.40 bits per heavy atom. The van der Waals surface area contributed by atoms with Crippen molar-refractivity contribution < 1.29 is 9.84 Å². The van der Waals surface area contributed by atoms with E-state index in [1.807, 2.05) is 6.92 Å². The van der Waals surface area contributed by atoms with Gasteiger partial charge in [-0.25, -0.2) is 15.8 Å². The summed E-state index contributed by atoms with van der Waals surface area (Å²) in [6.45, 7) is 2.88. The van der Waals surface area contributed by atoms with Gasteiger partial charge in [-0.3, -0.25) is 0 Å². The lowest BCUT2D eigenvalue weighted by atomic mass is 10.2. The number of nitrogens with two attached hydrogens (primary N) is 1. The molecule has 0 radical (unpaired) electrons. The molecule has 0 aliphatic heterocycles. The Balaban J connectivity index is 2.00. The van der Waals surface area contributed by atoms with Crippen LogP contribution < -0.4 is 16.6 Å². The van der Waals surface area contributed by atoms with Crippen LogP contribution in [-0.4, -0.2) is 41.4 Å². The van der Waals surface area contributed by atoms with E-state index in [1.165, 1.54) is 0 Å². The van der Waals surface area contributed by atoms with Crippen molar-refractivity contribution in [3.8, 4) is 0 Å². The minimum Gasteiger partial charge on any atom is -0.391 e. The summed E-state index contributed by atoms with van der Waals surface area (Å²) in [5, 5.41) is 12.9. The average molecular weight is 281 g/mol. The van der Waals surface area contributed by atoms with Crippen molar-refractivity contribution in [1.82, 2.24) is 9.97 Å². The highest BCUT2D eigenvalue weighted by Crippen LogP contribution is 2.39. The maximum Gasteiger partial charge on any atom is 0.148 e. The number of aromatic nitrogens is 2. The van der Waals surface area contributed by atoms with Gasteiger partial charge in [0.15, 0.2) is 0 Å². The number of hydrazine groups is 1. The van der Waals surface area contributed by atoms with Crippen molar-refractivity contribution >= 4 is 11.6 Å². The van der Waals surface area contributed by atoms with Gasteiger partial charge in [-0.05, 0) is 26.2 Å². The molecular formula is C13H23N5O2. The Morgan fingerprint density at radius 2 is 2.10 bits per heavy atom. The van der Waals surface area contributed by atoms with Crippen LogP contribution in [0.3, 0.4) is 0 Å². The smallest absolute Gasteiger partial charge is 0.148 e. The molecule has 20 heavy (non-hydrogen) atoms. The minimum absolute atomic E-state index is 0.341. The molecule has 7 nitrogen and oxygen atoms in total. The van der Waals surface area contributed by atoms with Crippen molar-refractivity contribution in [3.05, 3.63) is 11.4 Å². The quantitative estimate of drug-likeness (QED) is 0.412. The van der Waals surface area contributed by atoms with Crippen LogP contribution in [0.1, 0.15) is 36.6 Å². The summed E-state index contributed by atoms with van der Waals surface area (Å²) < 4.78 is 4.90. The van der Waals surface area contributed by atoms with Gasteiger partial charge in [0.2, 0.25) is 0 Å². The minimum atomic E-state index is -0.468. The Labute approximate surface area is 118 Å². The summed E-state index contributed by atoms with van der Waals surface area (Å²) in [4.78, 5) is 8.98. The highest BCUT2D eigenvalue weighted by molar-refractivity contribution is 5.57. The molecule has 2 rings (SSSR count). The highest BCUT2D eigenvalue weighted by atomic mass is 16.5. The molecule has 0 aromatic carbocycles. The second-order valence-corrected chi connectivity index (χ2v) is 5.15. The predicted molar refractivity (Wildman–Crippen MR) is 77.5 cm³/mol. The van der Waals surface area contributed by atoms with Gasteiger partial charge in [0.25, 0.3) is 0 Å². The number of hydrogen-bond acceptors (Lipinski definition) is 7. The Kier molecular flexibility index (Phi) is 5.11. The number of nitrogen functional groups attached to an aromatic ring is 1. The fourth-order valence-corrected chi connectivity index (χ4v) is 2.00. The number of hydrogen-bond donors (Lipinski definition) is 4. The number of nitrogens with zero attached hydrogens (tertiary/aromatic N) is 2. The molecule has 1 aromatic heterocycles. The third-order valence-electron chi connectivity index (χ3n) is 3.37. The van der Waals surface area contributed by atoms with E-state index in [0.717, 1.165) is 30.0 Å². The third kappa shape index (κ3) is 3.78. The van der Waals surface area contributed by atoms with Crippen molar-refractivity contribution in [3.63, 3.8) is 0 Å². The van der Waals surface area contributed by atoms with E-state index >= 15 is 0 Å². The van der Waals surface area contributed by atoms with Crippen LogP contribution in [0.15, 0.2) is 0 Å². The van der Waals surface area contributed by atoms with Crippen LogP contribution in [0.2, 0.25) is 0 Å². The first-order valence-electron chi connectivity index (χ1n) is 6.91. The van der Waals surface area contributed by atoms with Crippen molar-refractivity contribution in [1.29, 1.82) is 0 Å². The zero-order valence-electron chi connectivity index (χ0n) is 12.0. The SMILES string of the molecule is COCC(O)CCNc1nc(C2CC2)nc(NN)c1C. The topological polar surface area (TPSA) is 105 Å². The molecule has 7 heteroatoms. The molecule has 1 atom stereocenters. The zero-order valence-corrected chi connectivity index (χ0v) is 12.0. The summed E-state index contributed by atoms with van der Waals surface area (Å²) in [6, 6.07) is 0. The molecule has 0 spiro atoms. The molecule has 112 valence electrons. The number of nitrogens with one attached hydrogen (secondary N) is 2. The summed E-state index contributed by atoms with van der Waals surface area (Å²) in [6.07, 6.45) is 2.41. The molecule has 1 fully saturated rings. The monoisotopic (exact) mass is 281 g/mol. The fourth-order valence-electron chi connectivity index (χ4n) is 2.00. The van der Waals surface area contributed by atoms with Gasteiger partial charge in [0.1, 0.15) is 17.5 Å². The summed E-state index contributed by atoms with van der Waals surface area (Å²) in [5.41, 5.74) is 3.50. The summed E-state index contributed by atoms with van der Waals surface area (Å²) in [5.74, 6) is 8.23. The maximum atomic E-state index is 9.62. The van der Waals surface area contributed by atoms with Crippen molar-refractivity contribution in [2.45, 2.75) is 38.2 Å². The van der Waals surface area contributed by atoms with Gasteiger partial charge in [-0.1, -0.05) is 0 Å². The van der Waals surface area contributed by atoms with Gasteiger partial charge in [-0.2, -0.15) is 0 Å². The Bertz CT molecular complexity index is 451. The average Bonchev–Trinajstić information content (AvgIpc) is 3.25. The van der Waals surface area contributed by atoms with E-state index in [-0.39, 0.29) is 0 Å². The van der Waals surface area contributed by atoms with Crippen LogP contribution in [0.5, 0.6) is 0 Å². The Morgan fingerprint density at radius 3 is 2.70 bits per heavy atom. The summed E-state index contributed by atoms with van der Waals surface area (Å²) >= 11 is 0. The van der Waals surface area contributed by atoms with E-state index in [4.69, 9.17) is 10.6 Å². The molecule has 1 aliphatic carbocycles. The van der Waals surface area contributed by atoms with Gasteiger partial charge < -0.3 is 20.6 Å². The van der Waals surface area contributed by atoms with Gasteiger partial charge in [-0.15, -0.1) is 0 Å². The van der Waals surface area contributed by atoms with Crippen molar-refractivity contribution in [2.24, 2.45) is 5.84 Å². The van der Waals surface area contributed by atoms with Gasteiger partial charge >= 0.3 is 0 Å². The Hall–Kier alpha value is -1.44. The molecule has 0 bridgehead atoms. The molecule has 0 saturated heterocycles. The van der Waals surface area contributed by atoms with E-state index in [0.29, 0.717) is 31.3 Å². The number of ether oxygens (including phenoxy) is 1. The van der Waals surface area contributed by atoms with Crippen LogP contribution >= 0.6 is 0 Å².